The summed E-state index contributed by atoms with van der Waals surface area (Å²) in [5, 5.41) is 7.30. The highest BCUT2D eigenvalue weighted by Crippen LogP contribution is 2.58. The number of carbonyl (C=O) groups excluding carboxylic acids is 2. The van der Waals surface area contributed by atoms with Gasteiger partial charge in [0, 0.05) is 16.6 Å². The first-order valence-electron chi connectivity index (χ1n) is 8.35. The number of ether oxygens (including phenoxy) is 1. The minimum absolute atomic E-state index is 0.0998. The summed E-state index contributed by atoms with van der Waals surface area (Å²) < 4.78 is 5.01. The Kier molecular flexibility index (Phi) is 3.36. The molecule has 0 aromatic heterocycles. The lowest BCUT2D eigenvalue weighted by atomic mass is 9.51. The average Bonchev–Trinajstić information content (AvgIpc) is 2.54. The van der Waals surface area contributed by atoms with E-state index in [4.69, 9.17) is 16.3 Å². The van der Waals surface area contributed by atoms with Crippen LogP contribution in [0.1, 0.15) is 43.0 Å². The van der Waals surface area contributed by atoms with Crippen LogP contribution in [0.25, 0.3) is 0 Å². The number of anilines is 1. The Morgan fingerprint density at radius 3 is 2.88 bits per heavy atom. The van der Waals surface area contributed by atoms with E-state index in [1.807, 2.05) is 6.07 Å². The van der Waals surface area contributed by atoms with Crippen molar-refractivity contribution in [3.05, 3.63) is 28.8 Å². The fourth-order valence-corrected chi connectivity index (χ4v) is 5.15. The van der Waals surface area contributed by atoms with E-state index in [1.54, 1.807) is 12.1 Å². The zero-order valence-corrected chi connectivity index (χ0v) is 14.6. The van der Waals surface area contributed by atoms with E-state index >= 15 is 0 Å². The largest absolute Gasteiger partial charge is 0.469 e. The standard InChI is InChI=1S/C18H21ClN2O3/c1-17-6-5-10(7-13(17)16(23)24-2)18(9-17)20-14-4-3-11(19)8-12(14)15(22)21-18/h3-4,8,10,13,20H,5-7,9H2,1-2H3,(H,21,22)/t10-,13+,17+,18+/m0/s1. The van der Waals surface area contributed by atoms with Gasteiger partial charge in [-0.25, -0.2) is 0 Å². The van der Waals surface area contributed by atoms with Gasteiger partial charge >= 0.3 is 5.97 Å². The SMILES string of the molecule is COC(=O)[C@H]1C[C@@H]2CC[C@]1(C)C[C@@]21NC(=O)c2cc(Cl)ccc2N1. The van der Waals surface area contributed by atoms with Gasteiger partial charge in [-0.05, 0) is 49.3 Å². The third kappa shape index (κ3) is 2.14. The third-order valence-electron chi connectivity index (χ3n) is 6.21. The molecule has 2 bridgehead atoms. The number of hydrogen-bond acceptors (Lipinski definition) is 4. The van der Waals surface area contributed by atoms with Gasteiger partial charge in [-0.3, -0.25) is 9.59 Å². The minimum atomic E-state index is -0.491. The quantitative estimate of drug-likeness (QED) is 0.765. The van der Waals surface area contributed by atoms with Crippen molar-refractivity contribution in [1.29, 1.82) is 0 Å². The van der Waals surface area contributed by atoms with Gasteiger partial charge in [0.25, 0.3) is 5.91 Å². The number of halogens is 1. The number of rotatable bonds is 1. The molecule has 1 spiro atoms. The fourth-order valence-electron chi connectivity index (χ4n) is 4.98. The predicted molar refractivity (Wildman–Crippen MR) is 90.8 cm³/mol. The van der Waals surface area contributed by atoms with Crippen LogP contribution in [0.4, 0.5) is 5.69 Å². The van der Waals surface area contributed by atoms with Crippen LogP contribution in [-0.4, -0.2) is 24.6 Å². The Morgan fingerprint density at radius 2 is 2.17 bits per heavy atom. The van der Waals surface area contributed by atoms with E-state index in [2.05, 4.69) is 17.6 Å². The van der Waals surface area contributed by atoms with Crippen LogP contribution in [0.3, 0.4) is 0 Å². The normalized spacial score (nSPS) is 36.7. The van der Waals surface area contributed by atoms with E-state index in [-0.39, 0.29) is 29.1 Å². The summed E-state index contributed by atoms with van der Waals surface area (Å²) in [5.74, 6) is -0.128. The van der Waals surface area contributed by atoms with Crippen molar-refractivity contribution < 1.29 is 14.3 Å². The van der Waals surface area contributed by atoms with Crippen LogP contribution in [0, 0.1) is 17.3 Å². The molecular weight excluding hydrogens is 328 g/mol. The first-order chi connectivity index (χ1) is 11.4. The molecule has 5 rings (SSSR count). The zero-order valence-electron chi connectivity index (χ0n) is 13.8. The highest BCUT2D eigenvalue weighted by Gasteiger charge is 2.60. The fraction of sp³-hybridized carbons (Fsp3) is 0.556. The number of nitrogens with one attached hydrogen (secondary N) is 2. The molecule has 3 saturated carbocycles. The highest BCUT2D eigenvalue weighted by molar-refractivity contribution is 6.31. The van der Waals surface area contributed by atoms with Gasteiger partial charge in [-0.15, -0.1) is 0 Å². The molecule has 1 aromatic carbocycles. The van der Waals surface area contributed by atoms with Gasteiger partial charge in [0.1, 0.15) is 5.66 Å². The second-order valence-electron chi connectivity index (χ2n) is 7.62. The number of methoxy groups -OCH3 is 1. The molecule has 0 radical (unpaired) electrons. The zero-order chi connectivity index (χ0) is 17.1. The van der Waals surface area contributed by atoms with Crippen molar-refractivity contribution in [1.82, 2.24) is 5.32 Å². The number of esters is 1. The molecule has 3 fully saturated rings. The van der Waals surface area contributed by atoms with Gasteiger partial charge < -0.3 is 15.4 Å². The van der Waals surface area contributed by atoms with Crippen LogP contribution in [0.2, 0.25) is 5.02 Å². The maximum atomic E-state index is 12.7. The lowest BCUT2D eigenvalue weighted by Gasteiger charge is -2.60. The van der Waals surface area contributed by atoms with Crippen LogP contribution in [0.5, 0.6) is 0 Å². The van der Waals surface area contributed by atoms with Crippen molar-refractivity contribution in [2.75, 3.05) is 12.4 Å². The molecule has 2 N–H and O–H groups in total. The summed E-state index contributed by atoms with van der Waals surface area (Å²) >= 11 is 6.02. The Balaban J connectivity index is 1.70. The molecule has 4 atom stereocenters. The molecule has 1 heterocycles. The molecule has 24 heavy (non-hydrogen) atoms. The summed E-state index contributed by atoms with van der Waals surface area (Å²) in [6.45, 7) is 2.14. The second kappa shape index (κ2) is 5.12. The minimum Gasteiger partial charge on any atom is -0.469 e. The predicted octanol–water partition coefficient (Wildman–Crippen LogP) is 3.19. The van der Waals surface area contributed by atoms with Crippen LogP contribution in [0.15, 0.2) is 18.2 Å². The van der Waals surface area contributed by atoms with Gasteiger partial charge in [0.05, 0.1) is 18.6 Å². The Labute approximate surface area is 146 Å². The average molecular weight is 349 g/mol. The number of benzene rings is 1. The van der Waals surface area contributed by atoms with Crippen molar-refractivity contribution in [2.45, 2.75) is 38.3 Å². The van der Waals surface area contributed by atoms with Crippen molar-refractivity contribution in [2.24, 2.45) is 17.3 Å². The van der Waals surface area contributed by atoms with Crippen LogP contribution >= 0.6 is 11.6 Å². The van der Waals surface area contributed by atoms with E-state index in [0.717, 1.165) is 31.4 Å². The second-order valence-corrected chi connectivity index (χ2v) is 8.05. The Bertz CT molecular complexity index is 737. The summed E-state index contributed by atoms with van der Waals surface area (Å²) in [7, 11) is 1.45. The summed E-state index contributed by atoms with van der Waals surface area (Å²) in [5.41, 5.74) is 0.722. The molecule has 0 unspecified atom stereocenters. The maximum Gasteiger partial charge on any atom is 0.309 e. The number of fused-ring (bicyclic) bond motifs is 3. The maximum absolute atomic E-state index is 12.7. The molecule has 4 aliphatic rings. The van der Waals surface area contributed by atoms with Gasteiger partial charge in [0.2, 0.25) is 0 Å². The smallest absolute Gasteiger partial charge is 0.309 e. The molecule has 1 aromatic rings. The van der Waals surface area contributed by atoms with Gasteiger partial charge in [0.15, 0.2) is 0 Å². The Morgan fingerprint density at radius 1 is 1.38 bits per heavy atom. The van der Waals surface area contributed by atoms with Crippen molar-refractivity contribution in [3.63, 3.8) is 0 Å². The van der Waals surface area contributed by atoms with Gasteiger partial charge in [-0.1, -0.05) is 18.5 Å². The molecule has 128 valence electrons. The molecule has 5 nitrogen and oxygen atoms in total. The first kappa shape index (κ1) is 15.8. The molecule has 1 amide bonds. The van der Waals surface area contributed by atoms with E-state index in [0.29, 0.717) is 10.6 Å². The van der Waals surface area contributed by atoms with Crippen LogP contribution < -0.4 is 10.6 Å². The molecule has 0 saturated heterocycles. The van der Waals surface area contributed by atoms with Crippen molar-refractivity contribution in [3.8, 4) is 0 Å². The molecule has 3 aliphatic carbocycles. The monoisotopic (exact) mass is 348 g/mol. The topological polar surface area (TPSA) is 67.4 Å². The van der Waals surface area contributed by atoms with E-state index in [9.17, 15) is 9.59 Å². The molecular formula is C18H21ClN2O3. The van der Waals surface area contributed by atoms with E-state index < -0.39 is 5.66 Å². The van der Waals surface area contributed by atoms with Crippen LogP contribution in [-0.2, 0) is 9.53 Å². The van der Waals surface area contributed by atoms with Crippen molar-refractivity contribution >= 4 is 29.2 Å². The number of carbonyl (C=O) groups is 2. The first-order valence-corrected chi connectivity index (χ1v) is 8.73. The lowest BCUT2D eigenvalue weighted by Crippen LogP contribution is -2.69. The van der Waals surface area contributed by atoms with Gasteiger partial charge in [-0.2, -0.15) is 0 Å². The summed E-state index contributed by atoms with van der Waals surface area (Å²) in [6, 6.07) is 5.34. The van der Waals surface area contributed by atoms with E-state index in [1.165, 1.54) is 7.11 Å². The molecule has 6 heteroatoms. The lowest BCUT2D eigenvalue weighted by molar-refractivity contribution is -0.160. The summed E-state index contributed by atoms with van der Waals surface area (Å²) in [6.07, 6.45) is 3.42. The number of amides is 1. The Hall–Kier alpha value is -1.75. The highest BCUT2D eigenvalue weighted by atomic mass is 35.5. The molecule has 1 aliphatic heterocycles. The summed E-state index contributed by atoms with van der Waals surface area (Å²) in [4.78, 5) is 24.9. The third-order valence-corrected chi connectivity index (χ3v) is 6.45. The number of hydrogen-bond donors (Lipinski definition) is 2.